The van der Waals surface area contributed by atoms with Gasteiger partial charge >= 0.3 is 0 Å². The van der Waals surface area contributed by atoms with Crippen LogP contribution in [0.4, 0.5) is 0 Å². The summed E-state index contributed by atoms with van der Waals surface area (Å²) in [5, 5.41) is 0. The summed E-state index contributed by atoms with van der Waals surface area (Å²) in [5.74, 6) is 0.981. The van der Waals surface area contributed by atoms with Crippen LogP contribution in [0.15, 0.2) is 48.8 Å². The Balaban J connectivity index is 0.000000574. The molecule has 0 saturated carbocycles. The molecular weight excluding hydrogens is 222 g/mol. The van der Waals surface area contributed by atoms with Gasteiger partial charge in [-0.15, -0.1) is 0 Å². The van der Waals surface area contributed by atoms with Crippen LogP contribution >= 0.6 is 0 Å². The third-order valence-electron chi connectivity index (χ3n) is 2.63. The van der Waals surface area contributed by atoms with Crippen LogP contribution in [-0.2, 0) is 0 Å². The summed E-state index contributed by atoms with van der Waals surface area (Å²) in [4.78, 5) is 8.66. The maximum atomic E-state index is 4.52. The van der Waals surface area contributed by atoms with E-state index in [9.17, 15) is 0 Å². The summed E-state index contributed by atoms with van der Waals surface area (Å²) in [6.07, 6.45) is 3.62. The van der Waals surface area contributed by atoms with E-state index in [-0.39, 0.29) is 0 Å². The van der Waals surface area contributed by atoms with E-state index >= 15 is 0 Å². The summed E-state index contributed by atoms with van der Waals surface area (Å²) >= 11 is 0. The Morgan fingerprint density at radius 3 is 2.50 bits per heavy atom. The molecule has 0 aliphatic heterocycles. The van der Waals surface area contributed by atoms with E-state index in [4.69, 9.17) is 0 Å². The molecule has 0 bridgehead atoms. The molecule has 18 heavy (non-hydrogen) atoms. The van der Waals surface area contributed by atoms with Crippen molar-refractivity contribution in [2.24, 2.45) is 0 Å². The predicted octanol–water partition coefficient (Wildman–Crippen LogP) is 3.76. The van der Waals surface area contributed by atoms with Crippen LogP contribution in [0.1, 0.15) is 19.7 Å². The molecule has 0 amide bonds. The standard InChI is InChI=1S/C13H11N3.C2H6/c1-10-15-12-6-2-3-7-13(12)16(10)11-5-4-8-14-9-11;1-2/h2-9H,1H3;1-2H3. The normalized spacial score (nSPS) is 9.94. The first-order chi connectivity index (χ1) is 8.86. The number of pyridine rings is 1. The van der Waals surface area contributed by atoms with Gasteiger partial charge in [0, 0.05) is 6.20 Å². The second-order valence-electron chi connectivity index (χ2n) is 3.69. The van der Waals surface area contributed by atoms with E-state index in [0.29, 0.717) is 0 Å². The van der Waals surface area contributed by atoms with E-state index in [0.717, 1.165) is 22.5 Å². The molecule has 2 heterocycles. The number of fused-ring (bicyclic) bond motifs is 1. The molecule has 3 rings (SSSR count). The van der Waals surface area contributed by atoms with Crippen molar-refractivity contribution < 1.29 is 0 Å². The van der Waals surface area contributed by atoms with Gasteiger partial charge in [-0.1, -0.05) is 26.0 Å². The molecule has 92 valence electrons. The van der Waals surface area contributed by atoms with Gasteiger partial charge in [-0.2, -0.15) is 0 Å². The minimum atomic E-state index is 0.981. The largest absolute Gasteiger partial charge is 0.295 e. The van der Waals surface area contributed by atoms with Gasteiger partial charge in [-0.25, -0.2) is 4.98 Å². The Labute approximate surface area is 107 Å². The summed E-state index contributed by atoms with van der Waals surface area (Å²) in [6.45, 7) is 6.01. The summed E-state index contributed by atoms with van der Waals surface area (Å²) in [5.41, 5.74) is 3.19. The van der Waals surface area contributed by atoms with Crippen LogP contribution in [0.3, 0.4) is 0 Å². The lowest BCUT2D eigenvalue weighted by atomic mass is 10.3. The first-order valence-corrected chi connectivity index (χ1v) is 6.21. The van der Waals surface area contributed by atoms with Crippen molar-refractivity contribution in [2.75, 3.05) is 0 Å². The van der Waals surface area contributed by atoms with Gasteiger partial charge in [0.15, 0.2) is 0 Å². The van der Waals surface area contributed by atoms with Crippen LogP contribution in [-0.4, -0.2) is 14.5 Å². The highest BCUT2D eigenvalue weighted by molar-refractivity contribution is 5.78. The lowest BCUT2D eigenvalue weighted by Gasteiger charge is -2.05. The second-order valence-corrected chi connectivity index (χ2v) is 3.69. The third-order valence-corrected chi connectivity index (χ3v) is 2.63. The molecule has 0 saturated heterocycles. The Morgan fingerprint density at radius 2 is 1.78 bits per heavy atom. The van der Waals surface area contributed by atoms with Crippen molar-refractivity contribution in [3.05, 3.63) is 54.6 Å². The van der Waals surface area contributed by atoms with Crippen molar-refractivity contribution in [1.29, 1.82) is 0 Å². The van der Waals surface area contributed by atoms with Gasteiger partial charge in [0.05, 0.1) is 22.9 Å². The Bertz CT molecular complexity index is 627. The average Bonchev–Trinajstić information content (AvgIpc) is 2.78. The van der Waals surface area contributed by atoms with Crippen LogP contribution in [0.25, 0.3) is 16.7 Å². The highest BCUT2D eigenvalue weighted by Gasteiger charge is 2.07. The summed E-state index contributed by atoms with van der Waals surface area (Å²) < 4.78 is 2.11. The van der Waals surface area contributed by atoms with Gasteiger partial charge in [-0.3, -0.25) is 9.55 Å². The van der Waals surface area contributed by atoms with Gasteiger partial charge < -0.3 is 0 Å². The van der Waals surface area contributed by atoms with Gasteiger partial charge in [0.1, 0.15) is 5.82 Å². The predicted molar refractivity (Wildman–Crippen MR) is 75.0 cm³/mol. The van der Waals surface area contributed by atoms with Gasteiger partial charge in [-0.05, 0) is 31.2 Å². The molecular formula is C15H17N3. The zero-order valence-electron chi connectivity index (χ0n) is 11.0. The fourth-order valence-corrected chi connectivity index (χ4v) is 1.96. The molecule has 2 aromatic heterocycles. The van der Waals surface area contributed by atoms with Crippen LogP contribution in [0.2, 0.25) is 0 Å². The molecule has 3 heteroatoms. The Hall–Kier alpha value is -2.16. The number of rotatable bonds is 1. The van der Waals surface area contributed by atoms with Gasteiger partial charge in [0.2, 0.25) is 0 Å². The number of nitrogens with zero attached hydrogens (tertiary/aromatic N) is 3. The number of hydrogen-bond acceptors (Lipinski definition) is 2. The molecule has 0 unspecified atom stereocenters. The van der Waals surface area contributed by atoms with E-state index in [2.05, 4.69) is 20.6 Å². The smallest absolute Gasteiger partial charge is 0.111 e. The van der Waals surface area contributed by atoms with Crippen molar-refractivity contribution in [2.45, 2.75) is 20.8 Å². The van der Waals surface area contributed by atoms with Crippen molar-refractivity contribution in [3.63, 3.8) is 0 Å². The zero-order valence-corrected chi connectivity index (χ0v) is 11.0. The SMILES string of the molecule is CC.Cc1nc2ccccc2n1-c1cccnc1. The lowest BCUT2D eigenvalue weighted by Crippen LogP contribution is -1.96. The number of aryl methyl sites for hydroxylation is 1. The first kappa shape index (κ1) is 12.3. The molecule has 3 nitrogen and oxygen atoms in total. The molecule has 1 aromatic carbocycles. The van der Waals surface area contributed by atoms with E-state index in [1.165, 1.54) is 0 Å². The molecule has 0 aliphatic rings. The molecule has 0 fully saturated rings. The average molecular weight is 239 g/mol. The van der Waals surface area contributed by atoms with E-state index in [1.807, 2.05) is 57.3 Å². The number of imidazole rings is 1. The quantitative estimate of drug-likeness (QED) is 0.647. The fraction of sp³-hybridized carbons (Fsp3) is 0.200. The number of aromatic nitrogens is 3. The van der Waals surface area contributed by atoms with Crippen LogP contribution < -0.4 is 0 Å². The molecule has 0 atom stereocenters. The van der Waals surface area contributed by atoms with Crippen molar-refractivity contribution >= 4 is 11.0 Å². The molecule has 0 radical (unpaired) electrons. The highest BCUT2D eigenvalue weighted by atomic mass is 15.1. The van der Waals surface area contributed by atoms with Crippen LogP contribution in [0, 0.1) is 6.92 Å². The first-order valence-electron chi connectivity index (χ1n) is 6.21. The molecule has 3 aromatic rings. The maximum absolute atomic E-state index is 4.52. The summed E-state index contributed by atoms with van der Waals surface area (Å²) in [7, 11) is 0. The van der Waals surface area contributed by atoms with E-state index < -0.39 is 0 Å². The minimum Gasteiger partial charge on any atom is -0.295 e. The second kappa shape index (κ2) is 5.45. The Kier molecular flexibility index (Phi) is 3.72. The fourth-order valence-electron chi connectivity index (χ4n) is 1.96. The Morgan fingerprint density at radius 1 is 1.00 bits per heavy atom. The number of benzene rings is 1. The number of hydrogen-bond donors (Lipinski definition) is 0. The molecule has 0 aliphatic carbocycles. The zero-order chi connectivity index (χ0) is 13.0. The highest BCUT2D eigenvalue weighted by Crippen LogP contribution is 2.19. The number of para-hydroxylation sites is 2. The lowest BCUT2D eigenvalue weighted by molar-refractivity contribution is 0.990. The molecule has 0 spiro atoms. The topological polar surface area (TPSA) is 30.7 Å². The summed E-state index contributed by atoms with van der Waals surface area (Å²) in [6, 6.07) is 12.1. The van der Waals surface area contributed by atoms with Gasteiger partial charge in [0.25, 0.3) is 0 Å². The maximum Gasteiger partial charge on any atom is 0.111 e. The minimum absolute atomic E-state index is 0.981. The van der Waals surface area contributed by atoms with Crippen molar-refractivity contribution in [1.82, 2.24) is 14.5 Å². The van der Waals surface area contributed by atoms with E-state index in [1.54, 1.807) is 6.20 Å². The third kappa shape index (κ3) is 2.12. The van der Waals surface area contributed by atoms with Crippen molar-refractivity contribution in [3.8, 4) is 5.69 Å². The van der Waals surface area contributed by atoms with Crippen LogP contribution in [0.5, 0.6) is 0 Å². The molecule has 0 N–H and O–H groups in total. The monoisotopic (exact) mass is 239 g/mol.